The van der Waals surface area contributed by atoms with E-state index in [0.29, 0.717) is 18.9 Å². The van der Waals surface area contributed by atoms with Crippen molar-refractivity contribution in [3.8, 4) is 5.88 Å². The molecule has 0 aromatic carbocycles. The van der Waals surface area contributed by atoms with Gasteiger partial charge in [0.05, 0.1) is 23.9 Å². The van der Waals surface area contributed by atoms with Crippen molar-refractivity contribution in [1.29, 1.82) is 0 Å². The molecule has 5 nitrogen and oxygen atoms in total. The number of aliphatic carboxylic acids is 1. The molecule has 3 rings (SSSR count). The van der Waals surface area contributed by atoms with Crippen LogP contribution in [0.15, 0.2) is 12.4 Å². The molecule has 1 heterocycles. The molecule has 2 fully saturated rings. The fourth-order valence-corrected chi connectivity index (χ4v) is 3.30. The maximum atomic E-state index is 11.3. The van der Waals surface area contributed by atoms with Gasteiger partial charge < -0.3 is 9.84 Å². The Balaban J connectivity index is 1.78. The maximum Gasteiger partial charge on any atom is 0.309 e. The van der Waals surface area contributed by atoms with Gasteiger partial charge in [-0.25, -0.2) is 4.98 Å². The highest BCUT2D eigenvalue weighted by molar-refractivity contribution is 5.78. The third-order valence-corrected chi connectivity index (χ3v) is 4.41. The Bertz CT molecular complexity index is 491. The molecular formula is C13H16N2O3. The molecule has 5 heteroatoms. The van der Waals surface area contributed by atoms with Crippen LogP contribution in [0.2, 0.25) is 0 Å². The second-order valence-corrected chi connectivity index (χ2v) is 5.13. The number of carbonyl (C=O) groups is 1. The zero-order valence-corrected chi connectivity index (χ0v) is 10.3. The number of hydrogen-bond acceptors (Lipinski definition) is 4. The normalized spacial score (nSPS) is 32.9. The first-order valence-electron chi connectivity index (χ1n) is 6.35. The minimum atomic E-state index is -0.649. The minimum Gasteiger partial charge on any atom is -0.481 e. The van der Waals surface area contributed by atoms with Gasteiger partial charge in [-0.3, -0.25) is 9.78 Å². The van der Waals surface area contributed by atoms with Crippen LogP contribution in [0.25, 0.3) is 0 Å². The molecule has 0 spiro atoms. The quantitative estimate of drug-likeness (QED) is 0.880. The van der Waals surface area contributed by atoms with E-state index < -0.39 is 11.4 Å². The van der Waals surface area contributed by atoms with Gasteiger partial charge in [0.15, 0.2) is 0 Å². The van der Waals surface area contributed by atoms with Crippen LogP contribution in [0.5, 0.6) is 5.88 Å². The molecule has 3 unspecified atom stereocenters. The second-order valence-electron chi connectivity index (χ2n) is 5.13. The first-order chi connectivity index (χ1) is 8.67. The summed E-state index contributed by atoms with van der Waals surface area (Å²) < 4.78 is 5.33. The van der Waals surface area contributed by atoms with Gasteiger partial charge in [0.2, 0.25) is 5.88 Å². The second kappa shape index (κ2) is 3.93. The number of carboxylic acid groups (broad SMARTS) is 1. The van der Waals surface area contributed by atoms with E-state index in [0.717, 1.165) is 18.5 Å². The van der Waals surface area contributed by atoms with Crippen molar-refractivity contribution in [2.45, 2.75) is 32.1 Å². The number of rotatable bonds is 4. The van der Waals surface area contributed by atoms with Crippen LogP contribution < -0.4 is 4.74 Å². The SMILES string of the molecule is CCOc1cncc(C2CC3(C(=O)O)CCC23)n1. The van der Waals surface area contributed by atoms with Crippen LogP contribution in [0, 0.1) is 11.3 Å². The van der Waals surface area contributed by atoms with Crippen LogP contribution in [0.1, 0.15) is 37.8 Å². The summed E-state index contributed by atoms with van der Waals surface area (Å²) in [6.07, 6.45) is 5.81. The minimum absolute atomic E-state index is 0.237. The van der Waals surface area contributed by atoms with Crippen molar-refractivity contribution in [3.63, 3.8) is 0 Å². The summed E-state index contributed by atoms with van der Waals surface area (Å²) in [7, 11) is 0. The van der Waals surface area contributed by atoms with Crippen molar-refractivity contribution in [1.82, 2.24) is 9.97 Å². The Hall–Kier alpha value is -1.65. The van der Waals surface area contributed by atoms with Crippen LogP contribution >= 0.6 is 0 Å². The summed E-state index contributed by atoms with van der Waals surface area (Å²) in [5.41, 5.74) is 0.413. The lowest BCUT2D eigenvalue weighted by Crippen LogP contribution is -2.58. The van der Waals surface area contributed by atoms with E-state index in [1.165, 1.54) is 0 Å². The standard InChI is InChI=1S/C13H16N2O3/c1-2-18-11-7-14-6-10(15-11)8-5-13(12(16)17)4-3-9(8)13/h6-9H,2-5H2,1H3,(H,16,17). The maximum absolute atomic E-state index is 11.3. The molecule has 2 aliphatic rings. The molecular weight excluding hydrogens is 232 g/mol. The molecule has 1 N–H and O–H groups in total. The lowest BCUT2D eigenvalue weighted by Gasteiger charge is -2.60. The summed E-state index contributed by atoms with van der Waals surface area (Å²) >= 11 is 0. The molecule has 0 saturated heterocycles. The summed E-state index contributed by atoms with van der Waals surface area (Å²) in [5.74, 6) is 0.356. The smallest absolute Gasteiger partial charge is 0.309 e. The zero-order chi connectivity index (χ0) is 12.8. The van der Waals surface area contributed by atoms with E-state index in [1.54, 1.807) is 12.4 Å². The molecule has 18 heavy (non-hydrogen) atoms. The predicted octanol–water partition coefficient (Wildman–Crippen LogP) is 1.84. The van der Waals surface area contributed by atoms with Gasteiger partial charge in [-0.2, -0.15) is 0 Å². The summed E-state index contributed by atoms with van der Waals surface area (Å²) in [6.45, 7) is 2.46. The molecule has 2 aliphatic carbocycles. The number of fused-ring (bicyclic) bond motifs is 1. The molecule has 0 radical (unpaired) electrons. The number of aromatic nitrogens is 2. The highest BCUT2D eigenvalue weighted by Crippen LogP contribution is 2.67. The van der Waals surface area contributed by atoms with E-state index in [9.17, 15) is 9.90 Å². The van der Waals surface area contributed by atoms with Crippen molar-refractivity contribution < 1.29 is 14.6 Å². The highest BCUT2D eigenvalue weighted by atomic mass is 16.5. The van der Waals surface area contributed by atoms with E-state index in [-0.39, 0.29) is 11.8 Å². The van der Waals surface area contributed by atoms with Gasteiger partial charge in [0, 0.05) is 12.1 Å². The van der Waals surface area contributed by atoms with Crippen molar-refractivity contribution in [2.75, 3.05) is 6.61 Å². The topological polar surface area (TPSA) is 72.3 Å². The highest BCUT2D eigenvalue weighted by Gasteiger charge is 2.65. The molecule has 0 bridgehead atoms. The summed E-state index contributed by atoms with van der Waals surface area (Å²) in [4.78, 5) is 19.8. The zero-order valence-electron chi connectivity index (χ0n) is 10.3. The van der Waals surface area contributed by atoms with Gasteiger partial charge in [-0.1, -0.05) is 0 Å². The molecule has 1 aromatic rings. The monoisotopic (exact) mass is 248 g/mol. The average Bonchev–Trinajstić information content (AvgIpc) is 2.33. The van der Waals surface area contributed by atoms with E-state index in [1.807, 2.05) is 6.92 Å². The Kier molecular flexibility index (Phi) is 2.50. The predicted molar refractivity (Wildman–Crippen MR) is 63.4 cm³/mol. The number of ether oxygens (including phenoxy) is 1. The van der Waals surface area contributed by atoms with Gasteiger partial charge in [-0.15, -0.1) is 0 Å². The van der Waals surface area contributed by atoms with Gasteiger partial charge in [0.1, 0.15) is 0 Å². The van der Waals surface area contributed by atoms with Gasteiger partial charge in [-0.05, 0) is 32.1 Å². The largest absolute Gasteiger partial charge is 0.481 e. The number of carboxylic acids is 1. The number of nitrogens with zero attached hydrogens (tertiary/aromatic N) is 2. The first-order valence-corrected chi connectivity index (χ1v) is 6.35. The van der Waals surface area contributed by atoms with Crippen molar-refractivity contribution >= 4 is 5.97 Å². The molecule has 0 amide bonds. The summed E-state index contributed by atoms with van der Waals surface area (Å²) in [6, 6.07) is 0. The Morgan fingerprint density at radius 3 is 3.00 bits per heavy atom. The third-order valence-electron chi connectivity index (χ3n) is 4.41. The van der Waals surface area contributed by atoms with Crippen LogP contribution in [-0.4, -0.2) is 27.7 Å². The third kappa shape index (κ3) is 1.43. The van der Waals surface area contributed by atoms with Gasteiger partial charge >= 0.3 is 5.97 Å². The summed E-state index contributed by atoms with van der Waals surface area (Å²) in [5, 5.41) is 9.26. The molecule has 0 aliphatic heterocycles. The molecule has 3 atom stereocenters. The fourth-order valence-electron chi connectivity index (χ4n) is 3.30. The Morgan fingerprint density at radius 1 is 1.61 bits per heavy atom. The van der Waals surface area contributed by atoms with E-state index >= 15 is 0 Å². The molecule has 96 valence electrons. The first kappa shape index (κ1) is 11.4. The molecule has 2 saturated carbocycles. The van der Waals surface area contributed by atoms with Crippen LogP contribution in [0.4, 0.5) is 0 Å². The lowest BCUT2D eigenvalue weighted by molar-refractivity contribution is -0.181. The average molecular weight is 248 g/mol. The van der Waals surface area contributed by atoms with Crippen LogP contribution in [-0.2, 0) is 4.79 Å². The van der Waals surface area contributed by atoms with E-state index in [4.69, 9.17) is 4.74 Å². The van der Waals surface area contributed by atoms with E-state index in [2.05, 4.69) is 9.97 Å². The van der Waals surface area contributed by atoms with Crippen molar-refractivity contribution in [2.24, 2.45) is 11.3 Å². The Morgan fingerprint density at radius 2 is 2.44 bits per heavy atom. The fraction of sp³-hybridized carbons (Fsp3) is 0.615. The number of hydrogen-bond donors (Lipinski definition) is 1. The lowest BCUT2D eigenvalue weighted by atomic mass is 9.42. The van der Waals surface area contributed by atoms with Crippen molar-refractivity contribution in [3.05, 3.63) is 18.1 Å². The Labute approximate surface area is 105 Å². The van der Waals surface area contributed by atoms with Crippen LogP contribution in [0.3, 0.4) is 0 Å². The molecule has 1 aromatic heterocycles. The van der Waals surface area contributed by atoms with Gasteiger partial charge in [0.25, 0.3) is 0 Å².